The summed E-state index contributed by atoms with van der Waals surface area (Å²) in [6, 6.07) is 2.19. The van der Waals surface area contributed by atoms with E-state index < -0.39 is 11.7 Å². The van der Waals surface area contributed by atoms with Gasteiger partial charge in [-0.25, -0.2) is 4.98 Å². The average Bonchev–Trinajstić information content (AvgIpc) is 2.23. The molecule has 0 aliphatic heterocycles. The van der Waals surface area contributed by atoms with Gasteiger partial charge in [0.05, 0.1) is 5.56 Å². The SMILES string of the molecule is Cc1cc(C(F)(F)F)c2c(C)cc(=O)n(C)c2n1. The van der Waals surface area contributed by atoms with E-state index in [0.717, 1.165) is 10.6 Å². The molecule has 2 aromatic rings. The number of aryl methyl sites for hydroxylation is 3. The molecule has 6 heteroatoms. The van der Waals surface area contributed by atoms with Gasteiger partial charge in [0, 0.05) is 24.2 Å². The van der Waals surface area contributed by atoms with E-state index in [1.807, 2.05) is 0 Å². The van der Waals surface area contributed by atoms with Crippen molar-refractivity contribution < 1.29 is 13.2 Å². The van der Waals surface area contributed by atoms with Gasteiger partial charge in [-0.15, -0.1) is 0 Å². The molecule has 0 N–H and O–H groups in total. The monoisotopic (exact) mass is 256 g/mol. The number of alkyl halides is 3. The summed E-state index contributed by atoms with van der Waals surface area (Å²) in [4.78, 5) is 15.6. The number of hydrogen-bond acceptors (Lipinski definition) is 2. The van der Waals surface area contributed by atoms with Gasteiger partial charge in [0.15, 0.2) is 0 Å². The minimum absolute atomic E-state index is 0.0183. The predicted molar refractivity (Wildman–Crippen MR) is 61.5 cm³/mol. The lowest BCUT2D eigenvalue weighted by Crippen LogP contribution is -2.20. The lowest BCUT2D eigenvalue weighted by atomic mass is 10.1. The first-order valence-corrected chi connectivity index (χ1v) is 5.27. The number of hydrogen-bond donors (Lipinski definition) is 0. The normalized spacial score (nSPS) is 12.1. The summed E-state index contributed by atoms with van der Waals surface area (Å²) in [5, 5.41) is -0.0183. The van der Waals surface area contributed by atoms with Crippen LogP contribution in [0.4, 0.5) is 13.2 Å². The van der Waals surface area contributed by atoms with Crippen molar-refractivity contribution in [1.82, 2.24) is 9.55 Å². The van der Waals surface area contributed by atoms with E-state index in [1.54, 1.807) is 0 Å². The zero-order valence-electron chi connectivity index (χ0n) is 10.1. The molecule has 96 valence electrons. The molecule has 3 nitrogen and oxygen atoms in total. The molecular formula is C12H11F3N2O. The Morgan fingerprint density at radius 1 is 1.22 bits per heavy atom. The Labute approximate surface area is 101 Å². The van der Waals surface area contributed by atoms with Gasteiger partial charge in [-0.1, -0.05) is 0 Å². The molecular weight excluding hydrogens is 245 g/mol. The van der Waals surface area contributed by atoms with E-state index >= 15 is 0 Å². The van der Waals surface area contributed by atoms with E-state index in [9.17, 15) is 18.0 Å². The van der Waals surface area contributed by atoms with Gasteiger partial charge in [0.25, 0.3) is 5.56 Å². The minimum atomic E-state index is -4.46. The number of fused-ring (bicyclic) bond motifs is 1. The van der Waals surface area contributed by atoms with Gasteiger partial charge in [-0.2, -0.15) is 13.2 Å². The summed E-state index contributed by atoms with van der Waals surface area (Å²) < 4.78 is 40.1. The molecule has 2 aromatic heterocycles. The predicted octanol–water partition coefficient (Wildman–Crippen LogP) is 2.57. The van der Waals surface area contributed by atoms with Gasteiger partial charge in [0.1, 0.15) is 5.65 Å². The minimum Gasteiger partial charge on any atom is -0.296 e. The zero-order valence-corrected chi connectivity index (χ0v) is 10.1. The Bertz CT molecular complexity index is 686. The number of rotatable bonds is 0. The average molecular weight is 256 g/mol. The van der Waals surface area contributed by atoms with Crippen LogP contribution in [0.15, 0.2) is 16.9 Å². The molecule has 0 aliphatic rings. The maximum atomic E-state index is 13.0. The molecule has 0 spiro atoms. The smallest absolute Gasteiger partial charge is 0.296 e. The molecule has 0 fully saturated rings. The number of nitrogens with zero attached hydrogens (tertiary/aromatic N) is 2. The van der Waals surface area contributed by atoms with Gasteiger partial charge in [0.2, 0.25) is 0 Å². The van der Waals surface area contributed by atoms with Crippen LogP contribution in [0, 0.1) is 13.8 Å². The molecule has 2 rings (SSSR count). The fourth-order valence-corrected chi connectivity index (χ4v) is 1.97. The summed E-state index contributed by atoms with van der Waals surface area (Å²) in [6.45, 7) is 2.96. The molecule has 2 heterocycles. The zero-order chi connectivity index (χ0) is 13.7. The Kier molecular flexibility index (Phi) is 2.68. The second-order valence-corrected chi connectivity index (χ2v) is 4.23. The van der Waals surface area contributed by atoms with Crippen LogP contribution in [0.2, 0.25) is 0 Å². The fraction of sp³-hybridized carbons (Fsp3) is 0.333. The largest absolute Gasteiger partial charge is 0.417 e. The van der Waals surface area contributed by atoms with Crippen LogP contribution in [0.3, 0.4) is 0 Å². The lowest BCUT2D eigenvalue weighted by molar-refractivity contribution is -0.136. The van der Waals surface area contributed by atoms with Crippen LogP contribution in [-0.2, 0) is 13.2 Å². The summed E-state index contributed by atoms with van der Waals surface area (Å²) in [6.07, 6.45) is -4.46. The summed E-state index contributed by atoms with van der Waals surface area (Å²) >= 11 is 0. The highest BCUT2D eigenvalue weighted by Gasteiger charge is 2.34. The molecule has 0 saturated heterocycles. The molecule has 0 amide bonds. The van der Waals surface area contributed by atoms with E-state index in [0.29, 0.717) is 0 Å². The van der Waals surface area contributed by atoms with Crippen molar-refractivity contribution in [3.05, 3.63) is 39.3 Å². The fourth-order valence-electron chi connectivity index (χ4n) is 1.97. The van der Waals surface area contributed by atoms with Crippen molar-refractivity contribution in [3.63, 3.8) is 0 Å². The maximum Gasteiger partial charge on any atom is 0.417 e. The van der Waals surface area contributed by atoms with Crippen molar-refractivity contribution in [1.29, 1.82) is 0 Å². The van der Waals surface area contributed by atoms with Gasteiger partial charge >= 0.3 is 6.18 Å². The van der Waals surface area contributed by atoms with Crippen LogP contribution in [0.5, 0.6) is 0 Å². The van der Waals surface area contributed by atoms with Crippen LogP contribution < -0.4 is 5.56 Å². The standard InChI is InChI=1S/C12H11F3N2O/c1-6-4-9(18)17(3)11-10(6)8(12(13,14)15)5-7(2)16-11/h4-5H,1-3H3. The van der Waals surface area contributed by atoms with Crippen LogP contribution in [0.1, 0.15) is 16.8 Å². The van der Waals surface area contributed by atoms with Gasteiger partial charge < -0.3 is 0 Å². The third-order valence-corrected chi connectivity index (χ3v) is 2.82. The first kappa shape index (κ1) is 12.6. The van der Waals surface area contributed by atoms with Crippen LogP contribution in [0.25, 0.3) is 11.0 Å². The van der Waals surface area contributed by atoms with E-state index in [1.165, 1.54) is 27.0 Å². The second kappa shape index (κ2) is 3.83. The van der Waals surface area contributed by atoms with E-state index in [-0.39, 0.29) is 27.9 Å². The molecule has 18 heavy (non-hydrogen) atoms. The topological polar surface area (TPSA) is 34.9 Å². The van der Waals surface area contributed by atoms with Crippen LogP contribution >= 0.6 is 0 Å². The summed E-state index contributed by atoms with van der Waals surface area (Å²) in [5.74, 6) is 0. The third kappa shape index (κ3) is 1.87. The quantitative estimate of drug-likeness (QED) is 0.726. The molecule has 0 unspecified atom stereocenters. The number of aromatic nitrogens is 2. The number of pyridine rings is 2. The highest BCUT2D eigenvalue weighted by Crippen LogP contribution is 2.35. The highest BCUT2D eigenvalue weighted by molar-refractivity contribution is 5.83. The van der Waals surface area contributed by atoms with E-state index in [2.05, 4.69) is 4.98 Å². The van der Waals surface area contributed by atoms with Crippen LogP contribution in [-0.4, -0.2) is 9.55 Å². The Morgan fingerprint density at radius 3 is 2.39 bits per heavy atom. The molecule has 0 aromatic carbocycles. The number of halogens is 3. The first-order valence-electron chi connectivity index (χ1n) is 5.27. The van der Waals surface area contributed by atoms with Gasteiger partial charge in [-0.05, 0) is 25.5 Å². The van der Waals surface area contributed by atoms with Gasteiger partial charge in [-0.3, -0.25) is 9.36 Å². The lowest BCUT2D eigenvalue weighted by Gasteiger charge is -2.14. The third-order valence-electron chi connectivity index (χ3n) is 2.82. The van der Waals surface area contributed by atoms with Crippen molar-refractivity contribution >= 4 is 11.0 Å². The Balaban J connectivity index is 3.06. The first-order chi connectivity index (χ1) is 8.21. The van der Waals surface area contributed by atoms with Crippen molar-refractivity contribution in [2.75, 3.05) is 0 Å². The molecule has 0 aliphatic carbocycles. The van der Waals surface area contributed by atoms with Crippen molar-refractivity contribution in [2.24, 2.45) is 7.05 Å². The highest BCUT2D eigenvalue weighted by atomic mass is 19.4. The molecule has 0 atom stereocenters. The Hall–Kier alpha value is -1.85. The molecule has 0 saturated carbocycles. The van der Waals surface area contributed by atoms with Crippen molar-refractivity contribution in [2.45, 2.75) is 20.0 Å². The van der Waals surface area contributed by atoms with E-state index in [4.69, 9.17) is 0 Å². The second-order valence-electron chi connectivity index (χ2n) is 4.23. The molecule has 0 radical (unpaired) electrons. The maximum absolute atomic E-state index is 13.0. The molecule has 0 bridgehead atoms. The summed E-state index contributed by atoms with van der Waals surface area (Å²) in [5.41, 5.74) is -0.542. The Morgan fingerprint density at radius 2 is 1.83 bits per heavy atom. The van der Waals surface area contributed by atoms with Crippen molar-refractivity contribution in [3.8, 4) is 0 Å². The summed E-state index contributed by atoms with van der Waals surface area (Å²) in [7, 11) is 1.41.